The van der Waals surface area contributed by atoms with Crippen molar-refractivity contribution in [2.75, 3.05) is 18.4 Å². The van der Waals surface area contributed by atoms with Crippen LogP contribution in [0.3, 0.4) is 0 Å². The molecule has 1 fully saturated rings. The zero-order valence-electron chi connectivity index (χ0n) is 14.9. The number of hydrogen-bond acceptors (Lipinski definition) is 4. The molecule has 1 aliphatic rings. The lowest BCUT2D eigenvalue weighted by molar-refractivity contribution is -0.111. The van der Waals surface area contributed by atoms with Gasteiger partial charge in [-0.15, -0.1) is 0 Å². The number of carbonyl (C=O) groups excluding carboxylic acids is 1. The highest BCUT2D eigenvalue weighted by atomic mass is 32.2. The molecule has 1 saturated heterocycles. The van der Waals surface area contributed by atoms with Gasteiger partial charge in [-0.05, 0) is 54.6 Å². The minimum Gasteiger partial charge on any atom is -0.322 e. The lowest BCUT2D eigenvalue weighted by Crippen LogP contribution is -2.35. The number of carbonyl (C=O) groups is 1. The van der Waals surface area contributed by atoms with Crippen LogP contribution in [0.4, 0.5) is 5.69 Å². The summed E-state index contributed by atoms with van der Waals surface area (Å²) in [5, 5.41) is 4.46. The van der Waals surface area contributed by atoms with Crippen molar-refractivity contribution in [2.24, 2.45) is 0 Å². The van der Waals surface area contributed by atoms with E-state index in [4.69, 9.17) is 0 Å². The molecule has 0 unspecified atom stereocenters. The van der Waals surface area contributed by atoms with E-state index in [0.717, 1.165) is 24.2 Å². The first-order valence-corrected chi connectivity index (χ1v) is 11.2. The van der Waals surface area contributed by atoms with Gasteiger partial charge in [0, 0.05) is 29.7 Å². The van der Waals surface area contributed by atoms with Gasteiger partial charge in [0.1, 0.15) is 0 Å². The molecule has 3 rings (SSSR count). The van der Waals surface area contributed by atoms with Crippen molar-refractivity contribution >= 4 is 33.4 Å². The molecule has 142 valence electrons. The molecule has 1 heterocycles. The molecule has 0 atom stereocenters. The fraction of sp³-hybridized carbons (Fsp3) is 0.250. The molecule has 0 saturated carbocycles. The van der Waals surface area contributed by atoms with E-state index < -0.39 is 10.0 Å². The molecule has 1 N–H and O–H groups in total. The van der Waals surface area contributed by atoms with Crippen LogP contribution in [0.1, 0.15) is 19.3 Å². The van der Waals surface area contributed by atoms with Gasteiger partial charge in [-0.25, -0.2) is 8.42 Å². The summed E-state index contributed by atoms with van der Waals surface area (Å²) < 4.78 is 26.8. The van der Waals surface area contributed by atoms with Gasteiger partial charge in [0.15, 0.2) is 0 Å². The molecular formula is C20H22N2O3S2. The van der Waals surface area contributed by atoms with E-state index in [-0.39, 0.29) is 10.8 Å². The predicted octanol–water partition coefficient (Wildman–Crippen LogP) is 4.11. The van der Waals surface area contributed by atoms with E-state index in [1.807, 2.05) is 30.3 Å². The first kappa shape index (κ1) is 19.7. The van der Waals surface area contributed by atoms with Crippen LogP contribution in [0.15, 0.2) is 75.9 Å². The maximum atomic E-state index is 12.6. The zero-order chi connectivity index (χ0) is 19.1. The average molecular weight is 403 g/mol. The van der Waals surface area contributed by atoms with Crippen molar-refractivity contribution in [2.45, 2.75) is 29.1 Å². The zero-order valence-corrected chi connectivity index (χ0v) is 16.5. The van der Waals surface area contributed by atoms with Crippen LogP contribution in [0.2, 0.25) is 0 Å². The van der Waals surface area contributed by atoms with Crippen molar-refractivity contribution in [1.29, 1.82) is 0 Å². The van der Waals surface area contributed by atoms with Crippen molar-refractivity contribution in [3.05, 3.63) is 66.1 Å². The molecule has 5 nitrogen and oxygen atoms in total. The van der Waals surface area contributed by atoms with Crippen LogP contribution >= 0.6 is 11.8 Å². The number of hydrogen-bond donors (Lipinski definition) is 1. The second-order valence-corrected chi connectivity index (χ2v) is 9.13. The van der Waals surface area contributed by atoms with Gasteiger partial charge in [-0.2, -0.15) is 4.31 Å². The largest absolute Gasteiger partial charge is 0.322 e. The van der Waals surface area contributed by atoms with Gasteiger partial charge < -0.3 is 5.32 Å². The lowest BCUT2D eigenvalue weighted by atomic mass is 10.2. The molecule has 2 aromatic carbocycles. The Morgan fingerprint density at radius 1 is 0.963 bits per heavy atom. The van der Waals surface area contributed by atoms with Gasteiger partial charge in [0.2, 0.25) is 15.9 Å². The number of thioether (sulfide) groups is 1. The molecule has 0 radical (unpaired) electrons. The van der Waals surface area contributed by atoms with Gasteiger partial charge in [-0.1, -0.05) is 36.4 Å². The summed E-state index contributed by atoms with van der Waals surface area (Å²) in [6.07, 6.45) is 4.34. The van der Waals surface area contributed by atoms with Gasteiger partial charge in [-0.3, -0.25) is 4.79 Å². The second-order valence-electron chi connectivity index (χ2n) is 6.21. The molecular weight excluding hydrogens is 380 g/mol. The van der Waals surface area contributed by atoms with Crippen LogP contribution in [0.5, 0.6) is 0 Å². The van der Waals surface area contributed by atoms with Crippen LogP contribution in [-0.4, -0.2) is 31.7 Å². The van der Waals surface area contributed by atoms with E-state index >= 15 is 0 Å². The molecule has 0 aliphatic carbocycles. The SMILES string of the molecule is O=C(/C=C/Sc1ccccc1)Nc1ccc(S(=O)(=O)N2CCCCC2)cc1. The van der Waals surface area contributed by atoms with Crippen LogP contribution < -0.4 is 5.32 Å². The number of nitrogens with zero attached hydrogens (tertiary/aromatic N) is 1. The summed E-state index contributed by atoms with van der Waals surface area (Å²) in [6, 6.07) is 16.1. The maximum absolute atomic E-state index is 12.6. The molecule has 1 amide bonds. The predicted molar refractivity (Wildman–Crippen MR) is 109 cm³/mol. The minimum absolute atomic E-state index is 0.259. The summed E-state index contributed by atoms with van der Waals surface area (Å²) in [5.74, 6) is -0.259. The topological polar surface area (TPSA) is 66.5 Å². The number of benzene rings is 2. The summed E-state index contributed by atoms with van der Waals surface area (Å²) in [6.45, 7) is 1.15. The van der Waals surface area contributed by atoms with Gasteiger partial charge in [0.05, 0.1) is 4.90 Å². The fourth-order valence-corrected chi connectivity index (χ4v) is 5.00. The van der Waals surface area contributed by atoms with E-state index in [1.165, 1.54) is 22.1 Å². The van der Waals surface area contributed by atoms with Gasteiger partial charge >= 0.3 is 0 Å². The number of anilines is 1. The smallest absolute Gasteiger partial charge is 0.248 e. The quantitative estimate of drug-likeness (QED) is 0.583. The van der Waals surface area contributed by atoms with Crippen LogP contribution in [0, 0.1) is 0 Å². The Kier molecular flexibility index (Phi) is 6.71. The average Bonchev–Trinajstić information content (AvgIpc) is 2.70. The Balaban J connectivity index is 1.57. The Morgan fingerprint density at radius 2 is 1.63 bits per heavy atom. The number of rotatable bonds is 6. The van der Waals surface area contributed by atoms with E-state index in [1.54, 1.807) is 29.7 Å². The van der Waals surface area contributed by atoms with E-state index in [9.17, 15) is 13.2 Å². The standard InChI is InChI=1S/C20H22N2O3S2/c23-20(13-16-26-18-7-3-1-4-8-18)21-17-9-11-19(12-10-17)27(24,25)22-14-5-2-6-15-22/h1,3-4,7-13,16H,2,5-6,14-15H2,(H,21,23)/b16-13+. The second kappa shape index (κ2) is 9.21. The maximum Gasteiger partial charge on any atom is 0.248 e. The number of piperidine rings is 1. The normalized spacial score (nSPS) is 15.7. The highest BCUT2D eigenvalue weighted by Gasteiger charge is 2.25. The van der Waals surface area contributed by atoms with Crippen LogP contribution in [0.25, 0.3) is 0 Å². The molecule has 0 aromatic heterocycles. The first-order chi connectivity index (χ1) is 13.1. The van der Waals surface area contributed by atoms with Crippen LogP contribution in [-0.2, 0) is 14.8 Å². The Hall–Kier alpha value is -2.09. The van der Waals surface area contributed by atoms with Crippen molar-refractivity contribution in [3.63, 3.8) is 0 Å². The summed E-state index contributed by atoms with van der Waals surface area (Å²) >= 11 is 1.45. The Labute approximate surface area is 164 Å². The number of amides is 1. The highest BCUT2D eigenvalue weighted by molar-refractivity contribution is 8.02. The molecule has 1 aliphatic heterocycles. The van der Waals surface area contributed by atoms with E-state index in [0.29, 0.717) is 18.8 Å². The third kappa shape index (κ3) is 5.45. The van der Waals surface area contributed by atoms with Crippen molar-refractivity contribution in [3.8, 4) is 0 Å². The summed E-state index contributed by atoms with van der Waals surface area (Å²) in [7, 11) is -3.45. The summed E-state index contributed by atoms with van der Waals surface area (Å²) in [4.78, 5) is 13.3. The lowest BCUT2D eigenvalue weighted by Gasteiger charge is -2.25. The fourth-order valence-electron chi connectivity index (χ4n) is 2.82. The number of nitrogens with one attached hydrogen (secondary N) is 1. The van der Waals surface area contributed by atoms with E-state index in [2.05, 4.69) is 5.32 Å². The third-order valence-corrected chi connectivity index (χ3v) is 6.97. The first-order valence-electron chi connectivity index (χ1n) is 8.85. The molecule has 27 heavy (non-hydrogen) atoms. The monoisotopic (exact) mass is 402 g/mol. The van der Waals surface area contributed by atoms with Gasteiger partial charge in [0.25, 0.3) is 0 Å². The molecule has 7 heteroatoms. The minimum atomic E-state index is -3.45. The summed E-state index contributed by atoms with van der Waals surface area (Å²) in [5.41, 5.74) is 0.562. The highest BCUT2D eigenvalue weighted by Crippen LogP contribution is 2.22. The third-order valence-electron chi connectivity index (χ3n) is 4.24. The Bertz CT molecular complexity index is 889. The van der Waals surface area contributed by atoms with Crippen molar-refractivity contribution < 1.29 is 13.2 Å². The molecule has 0 bridgehead atoms. The number of sulfonamides is 1. The van der Waals surface area contributed by atoms with Crippen molar-refractivity contribution in [1.82, 2.24) is 4.31 Å². The molecule has 0 spiro atoms. The Morgan fingerprint density at radius 3 is 2.30 bits per heavy atom. The molecule has 2 aromatic rings.